The highest BCUT2D eigenvalue weighted by Crippen LogP contribution is 2.51. The predicted molar refractivity (Wildman–Crippen MR) is 111 cm³/mol. The maximum absolute atomic E-state index is 3.54. The lowest BCUT2D eigenvalue weighted by molar-refractivity contribution is 0.666. The largest absolute Gasteiger partial charge is 0.356 e. The number of benzene rings is 4. The van der Waals surface area contributed by atoms with Crippen LogP contribution in [0.1, 0.15) is 25.0 Å². The summed E-state index contributed by atoms with van der Waals surface area (Å²) in [4.78, 5) is 0. The number of rotatable bonds is 2. The molecule has 0 aliphatic heterocycles. The van der Waals surface area contributed by atoms with Gasteiger partial charge in [0.2, 0.25) is 0 Å². The van der Waals surface area contributed by atoms with Gasteiger partial charge in [0.05, 0.1) is 0 Å². The van der Waals surface area contributed by atoms with Crippen LogP contribution in [-0.2, 0) is 5.41 Å². The molecule has 0 bridgehead atoms. The van der Waals surface area contributed by atoms with E-state index in [-0.39, 0.29) is 5.41 Å². The molecular formula is C25H21N. The minimum absolute atomic E-state index is 0.0107. The topological polar surface area (TPSA) is 12.0 Å². The van der Waals surface area contributed by atoms with E-state index >= 15 is 0 Å². The molecule has 126 valence electrons. The first-order chi connectivity index (χ1) is 12.6. The highest BCUT2D eigenvalue weighted by atomic mass is 14.9. The molecule has 0 saturated heterocycles. The number of fused-ring (bicyclic) bond motifs is 5. The van der Waals surface area contributed by atoms with Crippen LogP contribution in [0.3, 0.4) is 0 Å². The lowest BCUT2D eigenvalue weighted by Gasteiger charge is -2.23. The minimum Gasteiger partial charge on any atom is -0.356 e. The first-order valence-corrected chi connectivity index (χ1v) is 9.14. The van der Waals surface area contributed by atoms with Gasteiger partial charge in [0.25, 0.3) is 0 Å². The predicted octanol–water partition coefficient (Wildman–Crippen LogP) is 6.89. The Labute approximate surface area is 154 Å². The van der Waals surface area contributed by atoms with Gasteiger partial charge < -0.3 is 5.32 Å². The lowest BCUT2D eigenvalue weighted by atomic mass is 9.80. The van der Waals surface area contributed by atoms with Gasteiger partial charge in [-0.05, 0) is 57.3 Å². The van der Waals surface area contributed by atoms with Gasteiger partial charge in [-0.15, -0.1) is 0 Å². The van der Waals surface area contributed by atoms with Crippen LogP contribution in [0.2, 0.25) is 0 Å². The summed E-state index contributed by atoms with van der Waals surface area (Å²) >= 11 is 0. The zero-order valence-corrected chi connectivity index (χ0v) is 15.1. The van der Waals surface area contributed by atoms with Crippen molar-refractivity contribution in [2.45, 2.75) is 19.3 Å². The highest BCUT2D eigenvalue weighted by Gasteiger charge is 2.36. The molecule has 5 rings (SSSR count). The number of nitrogens with one attached hydrogen (secondary N) is 1. The Kier molecular flexibility index (Phi) is 3.20. The average Bonchev–Trinajstić information content (AvgIpc) is 2.91. The third-order valence-electron chi connectivity index (χ3n) is 5.60. The van der Waals surface area contributed by atoms with Gasteiger partial charge in [-0.1, -0.05) is 74.5 Å². The van der Waals surface area contributed by atoms with E-state index < -0.39 is 0 Å². The molecule has 26 heavy (non-hydrogen) atoms. The zero-order valence-electron chi connectivity index (χ0n) is 15.1. The van der Waals surface area contributed by atoms with Crippen molar-refractivity contribution in [3.8, 4) is 11.1 Å². The van der Waals surface area contributed by atoms with E-state index in [1.807, 2.05) is 6.07 Å². The molecule has 1 heteroatoms. The van der Waals surface area contributed by atoms with Gasteiger partial charge >= 0.3 is 0 Å². The van der Waals surface area contributed by atoms with E-state index in [1.54, 1.807) is 0 Å². The molecule has 1 nitrogen and oxygen atoms in total. The van der Waals surface area contributed by atoms with Crippen molar-refractivity contribution >= 4 is 22.1 Å². The monoisotopic (exact) mass is 335 g/mol. The van der Waals surface area contributed by atoms with Crippen molar-refractivity contribution in [3.63, 3.8) is 0 Å². The maximum Gasteiger partial charge on any atom is 0.0390 e. The molecule has 1 aliphatic rings. The van der Waals surface area contributed by atoms with Gasteiger partial charge in [-0.25, -0.2) is 0 Å². The molecule has 0 radical (unpaired) electrons. The molecule has 1 aliphatic carbocycles. The summed E-state index contributed by atoms with van der Waals surface area (Å²) < 4.78 is 0. The molecule has 4 aromatic rings. The number of hydrogen-bond acceptors (Lipinski definition) is 1. The zero-order chi connectivity index (χ0) is 17.7. The maximum atomic E-state index is 3.54. The summed E-state index contributed by atoms with van der Waals surface area (Å²) in [5.41, 5.74) is 7.85. The van der Waals surface area contributed by atoms with Gasteiger partial charge in [0.1, 0.15) is 0 Å². The molecule has 0 heterocycles. The van der Waals surface area contributed by atoms with Gasteiger partial charge in [-0.3, -0.25) is 0 Å². The molecule has 0 aromatic heterocycles. The van der Waals surface area contributed by atoms with E-state index in [1.165, 1.54) is 33.0 Å². The molecule has 0 unspecified atom stereocenters. The molecule has 0 atom stereocenters. The van der Waals surface area contributed by atoms with E-state index in [2.05, 4.69) is 98.0 Å². The number of para-hydroxylation sites is 1. The summed E-state index contributed by atoms with van der Waals surface area (Å²) in [6.07, 6.45) is 0. The van der Waals surface area contributed by atoms with Crippen molar-refractivity contribution in [1.82, 2.24) is 0 Å². The van der Waals surface area contributed by atoms with Crippen LogP contribution in [0.15, 0.2) is 84.9 Å². The van der Waals surface area contributed by atoms with Gasteiger partial charge in [-0.2, -0.15) is 0 Å². The Balaban J connectivity index is 1.71. The molecule has 0 spiro atoms. The second kappa shape index (κ2) is 5.47. The van der Waals surface area contributed by atoms with Crippen LogP contribution < -0.4 is 5.32 Å². The van der Waals surface area contributed by atoms with Crippen molar-refractivity contribution in [2.75, 3.05) is 5.32 Å². The SMILES string of the molecule is CC1(C)c2ccccc2-c2ccc3ccc(Nc4ccccc4)cc3c21. The Morgan fingerprint density at radius 3 is 2.23 bits per heavy atom. The van der Waals surface area contributed by atoms with E-state index in [0.29, 0.717) is 0 Å². The van der Waals surface area contributed by atoms with E-state index in [9.17, 15) is 0 Å². The second-order valence-corrected chi connectivity index (χ2v) is 7.59. The molecule has 1 N–H and O–H groups in total. The average molecular weight is 335 g/mol. The minimum atomic E-state index is 0.0107. The lowest BCUT2D eigenvalue weighted by Crippen LogP contribution is -2.15. The summed E-state index contributed by atoms with van der Waals surface area (Å²) in [6.45, 7) is 4.68. The van der Waals surface area contributed by atoms with Crippen LogP contribution in [0, 0.1) is 0 Å². The molecular weight excluding hydrogens is 314 g/mol. The van der Waals surface area contributed by atoms with E-state index in [0.717, 1.165) is 11.4 Å². The molecule has 0 amide bonds. The van der Waals surface area contributed by atoms with Crippen LogP contribution in [0.5, 0.6) is 0 Å². The number of anilines is 2. The fourth-order valence-electron chi connectivity index (χ4n) is 4.38. The smallest absolute Gasteiger partial charge is 0.0390 e. The summed E-state index contributed by atoms with van der Waals surface area (Å²) in [7, 11) is 0. The van der Waals surface area contributed by atoms with E-state index in [4.69, 9.17) is 0 Å². The third-order valence-corrected chi connectivity index (χ3v) is 5.60. The van der Waals surface area contributed by atoms with Crippen molar-refractivity contribution < 1.29 is 0 Å². The summed E-state index contributed by atoms with van der Waals surface area (Å²) in [6, 6.07) is 30.4. The molecule has 0 fully saturated rings. The normalized spacial score (nSPS) is 14.1. The third kappa shape index (κ3) is 2.17. The van der Waals surface area contributed by atoms with Crippen LogP contribution >= 0.6 is 0 Å². The Hall–Kier alpha value is -3.06. The van der Waals surface area contributed by atoms with Gasteiger partial charge in [0, 0.05) is 16.8 Å². The Morgan fingerprint density at radius 2 is 1.38 bits per heavy atom. The summed E-state index contributed by atoms with van der Waals surface area (Å²) in [5, 5.41) is 6.17. The standard InChI is InChI=1S/C25H21N/c1-25(2)23-11-7-6-10-20(23)21-15-13-17-12-14-19(16-22(17)24(21)25)26-18-8-4-3-5-9-18/h3-16,26H,1-2H3. The van der Waals surface area contributed by atoms with Crippen molar-refractivity contribution in [1.29, 1.82) is 0 Å². The Bertz CT molecular complexity index is 1120. The number of hydrogen-bond donors (Lipinski definition) is 1. The Morgan fingerprint density at radius 1 is 0.654 bits per heavy atom. The fraction of sp³-hybridized carbons (Fsp3) is 0.120. The second-order valence-electron chi connectivity index (χ2n) is 7.59. The quantitative estimate of drug-likeness (QED) is 0.420. The summed E-state index contributed by atoms with van der Waals surface area (Å²) in [5.74, 6) is 0. The van der Waals surface area contributed by atoms with Crippen LogP contribution in [-0.4, -0.2) is 0 Å². The molecule has 0 saturated carbocycles. The van der Waals surface area contributed by atoms with Gasteiger partial charge in [0.15, 0.2) is 0 Å². The van der Waals surface area contributed by atoms with Crippen LogP contribution in [0.25, 0.3) is 21.9 Å². The first-order valence-electron chi connectivity index (χ1n) is 9.14. The highest BCUT2D eigenvalue weighted by molar-refractivity contribution is 5.99. The van der Waals surface area contributed by atoms with Crippen molar-refractivity contribution in [3.05, 3.63) is 96.1 Å². The first kappa shape index (κ1) is 15.2. The molecule has 4 aromatic carbocycles. The fourth-order valence-corrected chi connectivity index (χ4v) is 4.38. The van der Waals surface area contributed by atoms with Crippen LogP contribution in [0.4, 0.5) is 11.4 Å². The van der Waals surface area contributed by atoms with Crippen molar-refractivity contribution in [2.24, 2.45) is 0 Å².